The second kappa shape index (κ2) is 3.57. The van der Waals surface area contributed by atoms with Crippen LogP contribution in [-0.2, 0) is 6.42 Å². The molecule has 1 aromatic carbocycles. The highest BCUT2D eigenvalue weighted by molar-refractivity contribution is 5.68. The van der Waals surface area contributed by atoms with Crippen molar-refractivity contribution in [2.24, 2.45) is 0 Å². The van der Waals surface area contributed by atoms with Gasteiger partial charge in [0, 0.05) is 0 Å². The number of hydrogen-bond acceptors (Lipinski definition) is 0. The van der Waals surface area contributed by atoms with Crippen LogP contribution in [0.4, 0.5) is 0 Å². The van der Waals surface area contributed by atoms with Gasteiger partial charge >= 0.3 is 0 Å². The third kappa shape index (κ3) is 1.42. The Morgan fingerprint density at radius 3 is 2.67 bits per heavy atom. The maximum atomic E-state index is 2.32. The summed E-state index contributed by atoms with van der Waals surface area (Å²) in [6.07, 6.45) is 4.75. The van der Waals surface area contributed by atoms with E-state index in [4.69, 9.17) is 0 Å². The summed E-state index contributed by atoms with van der Waals surface area (Å²) < 4.78 is 0. The van der Waals surface area contributed by atoms with Crippen molar-refractivity contribution in [2.75, 3.05) is 0 Å². The van der Waals surface area contributed by atoms with E-state index >= 15 is 0 Å². The van der Waals surface area contributed by atoms with Gasteiger partial charge in [0.25, 0.3) is 0 Å². The molecule has 0 saturated heterocycles. The van der Waals surface area contributed by atoms with Crippen LogP contribution in [-0.4, -0.2) is 0 Å². The van der Waals surface area contributed by atoms with Crippen molar-refractivity contribution < 1.29 is 0 Å². The standard InChI is InChI=1S/C11H12.CH4/c1-9-5-4-7-10-6-2-3-8-11(9)10;/h2-3,5-6,8H,4,7H2,1H3;1H4. The predicted octanol–water partition coefficient (Wildman–Crippen LogP) is 3.67. The molecule has 0 N–H and O–H groups in total. The van der Waals surface area contributed by atoms with E-state index in [0.29, 0.717) is 0 Å². The summed E-state index contributed by atoms with van der Waals surface area (Å²) in [5.41, 5.74) is 4.39. The quantitative estimate of drug-likeness (QED) is 0.543. The van der Waals surface area contributed by atoms with Gasteiger partial charge in [-0.3, -0.25) is 0 Å². The van der Waals surface area contributed by atoms with Gasteiger partial charge in [0.2, 0.25) is 0 Å². The SMILES string of the molecule is C.CC1=CCCc2ccccc21. The maximum absolute atomic E-state index is 2.32. The van der Waals surface area contributed by atoms with Gasteiger partial charge in [-0.15, -0.1) is 0 Å². The molecule has 0 fully saturated rings. The zero-order chi connectivity index (χ0) is 7.68. The van der Waals surface area contributed by atoms with E-state index in [0.717, 1.165) is 0 Å². The number of rotatable bonds is 0. The predicted molar refractivity (Wildman–Crippen MR) is 55.1 cm³/mol. The molecular weight excluding hydrogens is 144 g/mol. The summed E-state index contributed by atoms with van der Waals surface area (Å²) in [6, 6.07) is 8.67. The zero-order valence-corrected chi connectivity index (χ0v) is 6.80. The molecule has 0 nitrogen and oxygen atoms in total. The molecule has 0 bridgehead atoms. The van der Waals surface area contributed by atoms with Crippen LogP contribution in [0.1, 0.15) is 31.9 Å². The monoisotopic (exact) mass is 160 g/mol. The Labute approximate surface area is 74.9 Å². The largest absolute Gasteiger partial charge is 0.0807 e. The topological polar surface area (TPSA) is 0 Å². The molecule has 12 heavy (non-hydrogen) atoms. The molecular formula is C12H16. The van der Waals surface area contributed by atoms with Crippen molar-refractivity contribution in [3.63, 3.8) is 0 Å². The average Bonchev–Trinajstić information content (AvgIpc) is 2.06. The third-order valence-electron chi connectivity index (χ3n) is 2.31. The molecule has 0 amide bonds. The Balaban J connectivity index is 0.000000720. The molecule has 64 valence electrons. The van der Waals surface area contributed by atoms with Gasteiger partial charge in [-0.1, -0.05) is 37.8 Å². The maximum Gasteiger partial charge on any atom is -0.0198 e. The van der Waals surface area contributed by atoms with Crippen LogP contribution in [0.25, 0.3) is 5.57 Å². The van der Waals surface area contributed by atoms with Crippen LogP contribution in [0.5, 0.6) is 0 Å². The van der Waals surface area contributed by atoms with Gasteiger partial charge in [0.05, 0.1) is 0 Å². The van der Waals surface area contributed by atoms with E-state index in [2.05, 4.69) is 37.3 Å². The molecule has 1 aliphatic carbocycles. The fraction of sp³-hybridized carbons (Fsp3) is 0.333. The normalized spacial score (nSPS) is 14.2. The van der Waals surface area contributed by atoms with Gasteiger partial charge in [-0.05, 0) is 36.5 Å². The summed E-state index contributed by atoms with van der Waals surface area (Å²) in [6.45, 7) is 2.19. The Bertz CT molecular complexity index is 295. The molecule has 0 aromatic heterocycles. The molecule has 1 aliphatic rings. The van der Waals surface area contributed by atoms with Gasteiger partial charge in [-0.25, -0.2) is 0 Å². The van der Waals surface area contributed by atoms with Crippen LogP contribution < -0.4 is 0 Å². The molecule has 0 heteroatoms. The summed E-state index contributed by atoms with van der Waals surface area (Å²) in [7, 11) is 0. The van der Waals surface area contributed by atoms with Crippen molar-refractivity contribution in [3.05, 3.63) is 41.5 Å². The molecule has 0 radical (unpaired) electrons. The van der Waals surface area contributed by atoms with Crippen molar-refractivity contribution in [2.45, 2.75) is 27.2 Å². The van der Waals surface area contributed by atoms with Crippen LogP contribution in [0, 0.1) is 0 Å². The summed E-state index contributed by atoms with van der Waals surface area (Å²) in [5.74, 6) is 0. The first-order valence-corrected chi connectivity index (χ1v) is 4.13. The summed E-state index contributed by atoms with van der Waals surface area (Å²) >= 11 is 0. The first-order valence-electron chi connectivity index (χ1n) is 4.13. The van der Waals surface area contributed by atoms with E-state index in [1.165, 1.54) is 29.5 Å². The van der Waals surface area contributed by atoms with Crippen molar-refractivity contribution >= 4 is 5.57 Å². The fourth-order valence-electron chi connectivity index (χ4n) is 1.68. The number of allylic oxidation sites excluding steroid dienone is 2. The molecule has 0 saturated carbocycles. The first-order chi connectivity index (χ1) is 5.38. The van der Waals surface area contributed by atoms with Gasteiger partial charge in [0.15, 0.2) is 0 Å². The minimum atomic E-state index is 0. The summed E-state index contributed by atoms with van der Waals surface area (Å²) in [4.78, 5) is 0. The second-order valence-electron chi connectivity index (χ2n) is 3.08. The summed E-state index contributed by atoms with van der Waals surface area (Å²) in [5, 5.41) is 0. The van der Waals surface area contributed by atoms with Crippen molar-refractivity contribution in [3.8, 4) is 0 Å². The van der Waals surface area contributed by atoms with Gasteiger partial charge in [0.1, 0.15) is 0 Å². The van der Waals surface area contributed by atoms with Crippen LogP contribution >= 0.6 is 0 Å². The minimum Gasteiger partial charge on any atom is -0.0807 e. The zero-order valence-electron chi connectivity index (χ0n) is 6.80. The lowest BCUT2D eigenvalue weighted by Crippen LogP contribution is -1.96. The Hall–Kier alpha value is -1.04. The lowest BCUT2D eigenvalue weighted by atomic mass is 9.92. The van der Waals surface area contributed by atoms with Crippen molar-refractivity contribution in [1.29, 1.82) is 0 Å². The highest BCUT2D eigenvalue weighted by atomic mass is 14.1. The third-order valence-corrected chi connectivity index (χ3v) is 2.31. The lowest BCUT2D eigenvalue weighted by Gasteiger charge is -2.13. The highest BCUT2D eigenvalue weighted by Crippen LogP contribution is 2.24. The van der Waals surface area contributed by atoms with Crippen molar-refractivity contribution in [1.82, 2.24) is 0 Å². The number of aryl methyl sites for hydroxylation is 1. The van der Waals surface area contributed by atoms with E-state index in [9.17, 15) is 0 Å². The average molecular weight is 160 g/mol. The minimum absolute atomic E-state index is 0. The van der Waals surface area contributed by atoms with E-state index in [1.54, 1.807) is 0 Å². The van der Waals surface area contributed by atoms with E-state index in [-0.39, 0.29) is 7.43 Å². The fourth-order valence-corrected chi connectivity index (χ4v) is 1.68. The lowest BCUT2D eigenvalue weighted by molar-refractivity contribution is 0.975. The van der Waals surface area contributed by atoms with E-state index in [1.807, 2.05) is 0 Å². The Kier molecular flexibility index (Phi) is 2.69. The van der Waals surface area contributed by atoms with Gasteiger partial charge < -0.3 is 0 Å². The Morgan fingerprint density at radius 2 is 1.92 bits per heavy atom. The number of fused-ring (bicyclic) bond motifs is 1. The van der Waals surface area contributed by atoms with Crippen LogP contribution in [0.2, 0.25) is 0 Å². The van der Waals surface area contributed by atoms with Crippen LogP contribution in [0.3, 0.4) is 0 Å². The molecule has 0 atom stereocenters. The van der Waals surface area contributed by atoms with E-state index < -0.39 is 0 Å². The smallest absolute Gasteiger partial charge is 0.0198 e. The van der Waals surface area contributed by atoms with Crippen LogP contribution in [0.15, 0.2) is 30.3 Å². The second-order valence-corrected chi connectivity index (χ2v) is 3.08. The molecule has 0 aliphatic heterocycles. The number of hydrogen-bond donors (Lipinski definition) is 0. The first kappa shape index (κ1) is 9.05. The highest BCUT2D eigenvalue weighted by Gasteiger charge is 2.06. The number of benzene rings is 1. The molecule has 0 heterocycles. The Morgan fingerprint density at radius 1 is 1.17 bits per heavy atom. The molecule has 0 spiro atoms. The molecule has 2 rings (SSSR count). The van der Waals surface area contributed by atoms with Gasteiger partial charge in [-0.2, -0.15) is 0 Å². The molecule has 0 unspecified atom stereocenters. The molecule has 1 aromatic rings.